The molecule has 0 aliphatic carbocycles. The van der Waals surface area contributed by atoms with Crippen LogP contribution in [-0.2, 0) is 6.61 Å². The summed E-state index contributed by atoms with van der Waals surface area (Å²) in [7, 11) is 1.55. The van der Waals surface area contributed by atoms with Crippen LogP contribution in [0.3, 0.4) is 0 Å². The van der Waals surface area contributed by atoms with Crippen molar-refractivity contribution in [3.8, 4) is 28.3 Å². The number of aliphatic hydroxyl groups is 1. The molecule has 0 unspecified atom stereocenters. The van der Waals surface area contributed by atoms with Gasteiger partial charge in [0.1, 0.15) is 23.1 Å². The summed E-state index contributed by atoms with van der Waals surface area (Å²) in [4.78, 5) is 0. The van der Waals surface area contributed by atoms with E-state index < -0.39 is 18.2 Å². The van der Waals surface area contributed by atoms with E-state index >= 15 is 0 Å². The molecule has 0 atom stereocenters. The zero-order valence-corrected chi connectivity index (χ0v) is 12.2. The normalized spacial score (nSPS) is 10.8. The van der Waals surface area contributed by atoms with Crippen LogP contribution in [0.5, 0.6) is 5.75 Å². The molecule has 118 valence electrons. The van der Waals surface area contributed by atoms with Gasteiger partial charge >= 0.3 is 0 Å². The van der Waals surface area contributed by atoms with Crippen molar-refractivity contribution in [1.29, 1.82) is 0 Å². The number of nitrogens with zero attached hydrogens (tertiary/aromatic N) is 1. The summed E-state index contributed by atoms with van der Waals surface area (Å²) in [6, 6.07) is 9.96. The molecule has 0 saturated heterocycles. The van der Waals surface area contributed by atoms with E-state index in [1.807, 2.05) is 0 Å². The molecule has 23 heavy (non-hydrogen) atoms. The van der Waals surface area contributed by atoms with Gasteiger partial charge in [0.25, 0.3) is 0 Å². The number of ether oxygens (including phenoxy) is 1. The van der Waals surface area contributed by atoms with Gasteiger partial charge < -0.3 is 14.4 Å². The molecule has 0 fully saturated rings. The van der Waals surface area contributed by atoms with Crippen LogP contribution in [0.1, 0.15) is 5.56 Å². The van der Waals surface area contributed by atoms with Gasteiger partial charge in [0, 0.05) is 5.56 Å². The molecule has 4 nitrogen and oxygen atoms in total. The van der Waals surface area contributed by atoms with Gasteiger partial charge in [-0.15, -0.1) is 0 Å². The number of methoxy groups -OCH3 is 1. The Morgan fingerprint density at radius 3 is 2.52 bits per heavy atom. The minimum atomic E-state index is -0.654. The zero-order valence-electron chi connectivity index (χ0n) is 12.2. The average molecular weight is 317 g/mol. The topological polar surface area (TPSA) is 55.5 Å². The predicted molar refractivity (Wildman–Crippen MR) is 79.8 cm³/mol. The Bertz CT molecular complexity index is 828. The summed E-state index contributed by atoms with van der Waals surface area (Å²) in [6.45, 7) is -0.420. The summed E-state index contributed by atoms with van der Waals surface area (Å²) in [5, 5.41) is 13.5. The quantitative estimate of drug-likeness (QED) is 0.795. The number of rotatable bonds is 4. The molecule has 0 aliphatic rings. The van der Waals surface area contributed by atoms with E-state index in [1.165, 1.54) is 0 Å². The van der Waals surface area contributed by atoms with Crippen molar-refractivity contribution < 1.29 is 23.1 Å². The third-order valence-electron chi connectivity index (χ3n) is 3.48. The average Bonchev–Trinajstić information content (AvgIpc) is 3.00. The van der Waals surface area contributed by atoms with E-state index in [4.69, 9.17) is 9.26 Å². The van der Waals surface area contributed by atoms with Crippen LogP contribution in [0.2, 0.25) is 0 Å². The molecule has 0 radical (unpaired) electrons. The number of hydrogen-bond acceptors (Lipinski definition) is 4. The third-order valence-corrected chi connectivity index (χ3v) is 3.48. The highest BCUT2D eigenvalue weighted by molar-refractivity contribution is 5.73. The summed E-state index contributed by atoms with van der Waals surface area (Å²) in [6.07, 6.45) is 0. The van der Waals surface area contributed by atoms with Crippen LogP contribution in [0.15, 0.2) is 47.0 Å². The summed E-state index contributed by atoms with van der Waals surface area (Å²) in [5.74, 6) is -0.583. The minimum absolute atomic E-state index is 0.00955. The Morgan fingerprint density at radius 1 is 1.13 bits per heavy atom. The first-order valence-electron chi connectivity index (χ1n) is 6.83. The fourth-order valence-corrected chi connectivity index (χ4v) is 2.31. The molecule has 0 aliphatic heterocycles. The monoisotopic (exact) mass is 317 g/mol. The minimum Gasteiger partial charge on any atom is -0.497 e. The first-order valence-corrected chi connectivity index (χ1v) is 6.83. The molecule has 1 N–H and O–H groups in total. The molecular weight excluding hydrogens is 304 g/mol. The highest BCUT2D eigenvalue weighted by atomic mass is 19.1. The third kappa shape index (κ3) is 2.80. The lowest BCUT2D eigenvalue weighted by molar-refractivity contribution is 0.281. The van der Waals surface area contributed by atoms with Crippen LogP contribution in [0, 0.1) is 11.6 Å². The zero-order chi connectivity index (χ0) is 16.4. The van der Waals surface area contributed by atoms with Gasteiger partial charge in [-0.25, -0.2) is 8.78 Å². The van der Waals surface area contributed by atoms with Gasteiger partial charge in [-0.05, 0) is 42.5 Å². The number of aliphatic hydroxyl groups excluding tert-OH is 1. The first-order chi connectivity index (χ1) is 11.1. The molecule has 1 heterocycles. The fourth-order valence-electron chi connectivity index (χ4n) is 2.31. The number of hydrogen-bond donors (Lipinski definition) is 1. The van der Waals surface area contributed by atoms with E-state index in [0.29, 0.717) is 22.6 Å². The van der Waals surface area contributed by atoms with Crippen LogP contribution in [0.4, 0.5) is 8.78 Å². The Balaban J connectivity index is 2.11. The maximum absolute atomic E-state index is 13.9. The molecule has 0 spiro atoms. The van der Waals surface area contributed by atoms with Gasteiger partial charge in [0.2, 0.25) is 0 Å². The number of benzene rings is 2. The van der Waals surface area contributed by atoms with Gasteiger partial charge in [-0.2, -0.15) is 0 Å². The van der Waals surface area contributed by atoms with E-state index in [-0.39, 0.29) is 11.3 Å². The molecule has 6 heteroatoms. The molecule has 0 saturated carbocycles. The molecular formula is C17H13F2NO3. The maximum atomic E-state index is 13.9. The van der Waals surface area contributed by atoms with Gasteiger partial charge in [0.05, 0.1) is 24.8 Å². The van der Waals surface area contributed by atoms with Crippen molar-refractivity contribution in [3.05, 3.63) is 59.7 Å². The highest BCUT2D eigenvalue weighted by Crippen LogP contribution is 2.34. The second-order valence-corrected chi connectivity index (χ2v) is 4.85. The molecule has 0 bridgehead atoms. The van der Waals surface area contributed by atoms with Crippen molar-refractivity contribution in [2.24, 2.45) is 0 Å². The van der Waals surface area contributed by atoms with Crippen LogP contribution in [-0.4, -0.2) is 17.4 Å². The maximum Gasteiger partial charge on any atom is 0.176 e. The van der Waals surface area contributed by atoms with Crippen molar-refractivity contribution in [1.82, 2.24) is 5.16 Å². The molecule has 0 amide bonds. The SMILES string of the molecule is COc1ccc(-c2noc(-c3cc(F)ccc3F)c2CO)cc1. The molecule has 1 aromatic heterocycles. The summed E-state index contributed by atoms with van der Waals surface area (Å²) in [5.41, 5.74) is 1.25. The largest absolute Gasteiger partial charge is 0.497 e. The lowest BCUT2D eigenvalue weighted by atomic mass is 10.0. The van der Waals surface area contributed by atoms with Crippen LogP contribution in [0.25, 0.3) is 22.6 Å². The smallest absolute Gasteiger partial charge is 0.176 e. The molecule has 2 aromatic carbocycles. The van der Waals surface area contributed by atoms with E-state index in [9.17, 15) is 13.9 Å². The van der Waals surface area contributed by atoms with E-state index in [2.05, 4.69) is 5.16 Å². The van der Waals surface area contributed by atoms with E-state index in [0.717, 1.165) is 18.2 Å². The van der Waals surface area contributed by atoms with Crippen molar-refractivity contribution in [3.63, 3.8) is 0 Å². The van der Waals surface area contributed by atoms with Crippen molar-refractivity contribution in [2.45, 2.75) is 6.61 Å². The Labute approximate surface area is 130 Å². The Morgan fingerprint density at radius 2 is 1.87 bits per heavy atom. The van der Waals surface area contributed by atoms with Gasteiger partial charge in [-0.3, -0.25) is 0 Å². The second kappa shape index (κ2) is 6.18. The standard InChI is InChI=1S/C17H13F2NO3/c1-22-12-5-2-10(3-6-12)16-14(9-21)17(23-20-16)13-8-11(18)4-7-15(13)19/h2-8,21H,9H2,1H3. The van der Waals surface area contributed by atoms with Crippen LogP contribution >= 0.6 is 0 Å². The Hall–Kier alpha value is -2.73. The molecule has 3 aromatic rings. The van der Waals surface area contributed by atoms with Gasteiger partial charge in [0.15, 0.2) is 5.76 Å². The number of halogens is 2. The van der Waals surface area contributed by atoms with Crippen molar-refractivity contribution >= 4 is 0 Å². The predicted octanol–water partition coefficient (Wildman–Crippen LogP) is 3.79. The van der Waals surface area contributed by atoms with Gasteiger partial charge in [-0.1, -0.05) is 5.16 Å². The van der Waals surface area contributed by atoms with E-state index in [1.54, 1.807) is 31.4 Å². The lowest BCUT2D eigenvalue weighted by Gasteiger charge is -2.04. The number of aromatic nitrogens is 1. The van der Waals surface area contributed by atoms with Crippen molar-refractivity contribution in [2.75, 3.05) is 7.11 Å². The summed E-state index contributed by atoms with van der Waals surface area (Å²) >= 11 is 0. The lowest BCUT2D eigenvalue weighted by Crippen LogP contribution is -1.92. The highest BCUT2D eigenvalue weighted by Gasteiger charge is 2.21. The molecule has 3 rings (SSSR count). The fraction of sp³-hybridized carbons (Fsp3) is 0.118. The summed E-state index contributed by atoms with van der Waals surface area (Å²) < 4.78 is 37.6. The van der Waals surface area contributed by atoms with Crippen LogP contribution < -0.4 is 4.74 Å². The Kier molecular flexibility index (Phi) is 4.08. The second-order valence-electron chi connectivity index (χ2n) is 4.85. The first kappa shape index (κ1) is 15.2.